The molecule has 1 aromatic heterocycles. The number of piperazine rings is 1. The first kappa shape index (κ1) is 15.7. The molecule has 1 aromatic rings. The molecule has 116 valence electrons. The maximum Gasteiger partial charge on any atom is 0.274 e. The zero-order valence-corrected chi connectivity index (χ0v) is 13.2. The number of hydrogen-bond donors (Lipinski definition) is 1. The van der Waals surface area contributed by atoms with E-state index >= 15 is 0 Å². The van der Waals surface area contributed by atoms with Crippen LogP contribution in [0.2, 0.25) is 0 Å². The van der Waals surface area contributed by atoms with Crippen LogP contribution >= 0.6 is 0 Å². The largest absolute Gasteiger partial charge is 0.369 e. The van der Waals surface area contributed by atoms with Crippen LogP contribution in [0.5, 0.6) is 0 Å². The first-order chi connectivity index (χ1) is 10.1. The molecule has 2 heterocycles. The van der Waals surface area contributed by atoms with E-state index in [4.69, 9.17) is 0 Å². The van der Waals surface area contributed by atoms with E-state index in [2.05, 4.69) is 41.2 Å². The van der Waals surface area contributed by atoms with Crippen LogP contribution in [0.1, 0.15) is 37.7 Å². The molecule has 0 aromatic carbocycles. The minimum absolute atomic E-state index is 0.0204. The molecule has 0 saturated carbocycles. The van der Waals surface area contributed by atoms with Gasteiger partial charge in [-0.3, -0.25) is 9.69 Å². The van der Waals surface area contributed by atoms with E-state index in [1.54, 1.807) is 6.07 Å². The van der Waals surface area contributed by atoms with Gasteiger partial charge in [-0.25, -0.2) is 0 Å². The molecule has 21 heavy (non-hydrogen) atoms. The summed E-state index contributed by atoms with van der Waals surface area (Å²) < 4.78 is 0. The normalized spacial score (nSPS) is 16.3. The molecule has 0 atom stereocenters. The van der Waals surface area contributed by atoms with Crippen LogP contribution < -0.4 is 5.32 Å². The standard InChI is InChI=1S/C15H25N5O/c1-4-7-16-14-6-5-13(17-18-14)15(21)20-10-8-19(9-11-20)12(2)3/h5-6,12H,4,7-11H2,1-3H3,(H,16,18). The molecule has 1 amide bonds. The quantitative estimate of drug-likeness (QED) is 0.890. The summed E-state index contributed by atoms with van der Waals surface area (Å²) in [5.74, 6) is 0.700. The number of nitrogens with zero attached hydrogens (tertiary/aromatic N) is 4. The smallest absolute Gasteiger partial charge is 0.274 e. The van der Waals surface area contributed by atoms with E-state index in [9.17, 15) is 4.79 Å². The van der Waals surface area contributed by atoms with E-state index in [1.165, 1.54) is 0 Å². The Morgan fingerprint density at radius 2 is 1.95 bits per heavy atom. The number of nitrogens with one attached hydrogen (secondary N) is 1. The summed E-state index contributed by atoms with van der Waals surface area (Å²) in [4.78, 5) is 16.6. The van der Waals surface area contributed by atoms with E-state index in [0.29, 0.717) is 11.7 Å². The van der Waals surface area contributed by atoms with Crippen LogP contribution in [0.15, 0.2) is 12.1 Å². The van der Waals surface area contributed by atoms with Crippen molar-refractivity contribution in [3.05, 3.63) is 17.8 Å². The predicted molar refractivity (Wildman–Crippen MR) is 83.4 cm³/mol. The molecule has 6 nitrogen and oxygen atoms in total. The molecular formula is C15H25N5O. The maximum atomic E-state index is 12.4. The summed E-state index contributed by atoms with van der Waals surface area (Å²) in [6.07, 6.45) is 1.03. The van der Waals surface area contributed by atoms with Gasteiger partial charge in [-0.2, -0.15) is 0 Å². The highest BCUT2D eigenvalue weighted by molar-refractivity contribution is 5.92. The number of anilines is 1. The molecule has 1 N–H and O–H groups in total. The lowest BCUT2D eigenvalue weighted by Gasteiger charge is -2.36. The Labute approximate surface area is 126 Å². The van der Waals surface area contributed by atoms with Crippen molar-refractivity contribution < 1.29 is 4.79 Å². The Hall–Kier alpha value is -1.69. The van der Waals surface area contributed by atoms with Crippen molar-refractivity contribution in [2.45, 2.75) is 33.2 Å². The predicted octanol–water partition coefficient (Wildman–Crippen LogP) is 1.46. The van der Waals surface area contributed by atoms with Gasteiger partial charge in [-0.1, -0.05) is 6.92 Å². The number of carbonyl (C=O) groups excluding carboxylic acids is 1. The van der Waals surface area contributed by atoms with Crippen molar-refractivity contribution >= 4 is 11.7 Å². The first-order valence-electron chi connectivity index (χ1n) is 7.72. The average molecular weight is 291 g/mol. The molecule has 1 fully saturated rings. The molecule has 0 spiro atoms. The van der Waals surface area contributed by atoms with E-state index in [1.807, 2.05) is 11.0 Å². The minimum Gasteiger partial charge on any atom is -0.369 e. The van der Waals surface area contributed by atoms with Crippen molar-refractivity contribution in [3.63, 3.8) is 0 Å². The second kappa shape index (κ2) is 7.36. The Balaban J connectivity index is 1.91. The van der Waals surface area contributed by atoms with Crippen LogP contribution in [-0.4, -0.2) is 64.7 Å². The lowest BCUT2D eigenvalue weighted by atomic mass is 10.2. The highest BCUT2D eigenvalue weighted by Gasteiger charge is 2.24. The Kier molecular flexibility index (Phi) is 5.50. The van der Waals surface area contributed by atoms with Gasteiger partial charge in [0.05, 0.1) is 0 Å². The van der Waals surface area contributed by atoms with Crippen LogP contribution in [-0.2, 0) is 0 Å². The Morgan fingerprint density at radius 3 is 2.48 bits per heavy atom. The van der Waals surface area contributed by atoms with Crippen LogP contribution in [0.3, 0.4) is 0 Å². The molecule has 0 bridgehead atoms. The second-order valence-electron chi connectivity index (χ2n) is 5.65. The summed E-state index contributed by atoms with van der Waals surface area (Å²) in [6, 6.07) is 4.11. The molecular weight excluding hydrogens is 266 g/mol. The molecule has 1 saturated heterocycles. The fourth-order valence-electron chi connectivity index (χ4n) is 2.40. The fraction of sp³-hybridized carbons (Fsp3) is 0.667. The van der Waals surface area contributed by atoms with Crippen LogP contribution in [0, 0.1) is 0 Å². The van der Waals surface area contributed by atoms with Gasteiger partial charge in [0, 0.05) is 38.8 Å². The number of carbonyl (C=O) groups is 1. The third-order valence-electron chi connectivity index (χ3n) is 3.77. The van der Waals surface area contributed by atoms with Crippen LogP contribution in [0.25, 0.3) is 0 Å². The van der Waals surface area contributed by atoms with E-state index < -0.39 is 0 Å². The van der Waals surface area contributed by atoms with Gasteiger partial charge >= 0.3 is 0 Å². The number of hydrogen-bond acceptors (Lipinski definition) is 5. The zero-order chi connectivity index (χ0) is 15.2. The molecule has 0 aliphatic carbocycles. The summed E-state index contributed by atoms with van der Waals surface area (Å²) in [5.41, 5.74) is 0.426. The lowest BCUT2D eigenvalue weighted by Crippen LogP contribution is -2.50. The summed E-state index contributed by atoms with van der Waals surface area (Å²) in [5, 5.41) is 11.3. The SMILES string of the molecule is CCCNc1ccc(C(=O)N2CCN(C(C)C)CC2)nn1. The van der Waals surface area contributed by atoms with Crippen molar-refractivity contribution in [2.75, 3.05) is 38.0 Å². The van der Waals surface area contributed by atoms with Gasteiger partial charge in [0.15, 0.2) is 5.69 Å². The number of aromatic nitrogens is 2. The van der Waals surface area contributed by atoms with Crippen molar-refractivity contribution in [2.24, 2.45) is 0 Å². The van der Waals surface area contributed by atoms with Crippen LogP contribution in [0.4, 0.5) is 5.82 Å². The minimum atomic E-state index is -0.0204. The molecule has 1 aliphatic heterocycles. The Morgan fingerprint density at radius 1 is 1.24 bits per heavy atom. The maximum absolute atomic E-state index is 12.4. The van der Waals surface area contributed by atoms with Crippen molar-refractivity contribution in [1.82, 2.24) is 20.0 Å². The van der Waals surface area contributed by atoms with Gasteiger partial charge in [-0.15, -0.1) is 10.2 Å². The summed E-state index contributed by atoms with van der Waals surface area (Å²) >= 11 is 0. The third kappa shape index (κ3) is 4.14. The van der Waals surface area contributed by atoms with E-state index in [-0.39, 0.29) is 5.91 Å². The van der Waals surface area contributed by atoms with Gasteiger partial charge in [-0.05, 0) is 32.4 Å². The zero-order valence-electron chi connectivity index (χ0n) is 13.2. The van der Waals surface area contributed by atoms with Gasteiger partial charge in [0.1, 0.15) is 5.82 Å². The second-order valence-corrected chi connectivity index (χ2v) is 5.65. The molecule has 0 radical (unpaired) electrons. The fourth-order valence-corrected chi connectivity index (χ4v) is 2.40. The van der Waals surface area contributed by atoms with Crippen molar-refractivity contribution in [3.8, 4) is 0 Å². The summed E-state index contributed by atoms with van der Waals surface area (Å²) in [6.45, 7) is 10.7. The lowest BCUT2D eigenvalue weighted by molar-refractivity contribution is 0.0589. The highest BCUT2D eigenvalue weighted by Crippen LogP contribution is 2.10. The Bertz CT molecular complexity index is 452. The highest BCUT2D eigenvalue weighted by atomic mass is 16.2. The number of amides is 1. The molecule has 6 heteroatoms. The summed E-state index contributed by atoms with van der Waals surface area (Å²) in [7, 11) is 0. The topological polar surface area (TPSA) is 61.4 Å². The van der Waals surface area contributed by atoms with Gasteiger partial charge < -0.3 is 10.2 Å². The molecule has 2 rings (SSSR count). The van der Waals surface area contributed by atoms with Crippen molar-refractivity contribution in [1.29, 1.82) is 0 Å². The van der Waals surface area contributed by atoms with Gasteiger partial charge in [0.25, 0.3) is 5.91 Å². The molecule has 0 unspecified atom stereocenters. The molecule has 1 aliphatic rings. The van der Waals surface area contributed by atoms with Gasteiger partial charge in [0.2, 0.25) is 0 Å². The average Bonchev–Trinajstić information content (AvgIpc) is 2.53. The van der Waals surface area contributed by atoms with E-state index in [0.717, 1.165) is 45.0 Å². The number of rotatable bonds is 5. The monoisotopic (exact) mass is 291 g/mol. The third-order valence-corrected chi connectivity index (χ3v) is 3.77. The first-order valence-corrected chi connectivity index (χ1v) is 7.72.